The quantitative estimate of drug-likeness (QED) is 0.298. The van der Waals surface area contributed by atoms with Crippen molar-refractivity contribution in [2.75, 3.05) is 12.8 Å². The van der Waals surface area contributed by atoms with E-state index in [-0.39, 0.29) is 11.9 Å². The number of rotatable bonds is 6. The summed E-state index contributed by atoms with van der Waals surface area (Å²) >= 11 is 8.24. The lowest BCUT2D eigenvalue weighted by atomic mass is 9.89. The first-order valence-corrected chi connectivity index (χ1v) is 13.6. The largest absolute Gasteiger partial charge is 0.384 e. The lowest BCUT2D eigenvalue weighted by Gasteiger charge is -2.37. The highest BCUT2D eigenvalue weighted by Crippen LogP contribution is 2.37. The number of nitrogens with two attached hydrogens (primary N) is 1. The van der Waals surface area contributed by atoms with Crippen LogP contribution in [-0.2, 0) is 6.54 Å². The molecule has 1 amide bonds. The fourth-order valence-electron chi connectivity index (χ4n) is 5.24. The zero-order chi connectivity index (χ0) is 25.2. The molecule has 4 aromatic rings. The Morgan fingerprint density at radius 3 is 2.61 bits per heavy atom. The van der Waals surface area contributed by atoms with E-state index in [4.69, 9.17) is 17.3 Å². The molecule has 186 valence electrons. The number of aromatic nitrogens is 1. The third kappa shape index (κ3) is 4.99. The van der Waals surface area contributed by atoms with E-state index in [9.17, 15) is 4.79 Å². The van der Waals surface area contributed by atoms with Crippen LogP contribution in [0.15, 0.2) is 60.7 Å². The molecule has 1 saturated carbocycles. The standard InChI is InChI=1S/C29H31ClN4OS/c1-18-23(14-15-26(31)33-18)20-7-5-6-19(16-20)17-34(22-12-10-21(32-2)11-13-22)29(35)28-27(30)24-8-3-4-9-25(24)36-28/h3-9,14-16,21-22,32H,10-13,17H2,1-2H3,(H2,31,33)/t21-,22-. The molecule has 2 heterocycles. The SMILES string of the molecule is CN[C@H]1CC[C@H](N(Cc2cccc(-c3ccc(N)nc3C)c2)C(=O)c2sc3ccccc3c2Cl)CC1. The van der Waals surface area contributed by atoms with Gasteiger partial charge < -0.3 is 16.0 Å². The first kappa shape index (κ1) is 24.8. The number of nitrogen functional groups attached to an aromatic ring is 1. The first-order chi connectivity index (χ1) is 17.4. The van der Waals surface area contributed by atoms with Crippen molar-refractivity contribution in [3.8, 4) is 11.1 Å². The number of carbonyl (C=O) groups is 1. The van der Waals surface area contributed by atoms with Crippen LogP contribution in [0.1, 0.15) is 46.6 Å². The average Bonchev–Trinajstić information content (AvgIpc) is 3.23. The number of pyridine rings is 1. The number of thiophene rings is 1. The van der Waals surface area contributed by atoms with Gasteiger partial charge in [-0.1, -0.05) is 48.0 Å². The number of amides is 1. The van der Waals surface area contributed by atoms with Gasteiger partial charge in [0, 0.05) is 40.0 Å². The van der Waals surface area contributed by atoms with E-state index < -0.39 is 0 Å². The van der Waals surface area contributed by atoms with Crippen molar-refractivity contribution in [3.63, 3.8) is 0 Å². The molecule has 1 aliphatic carbocycles. The van der Waals surface area contributed by atoms with E-state index in [0.717, 1.165) is 58.2 Å². The number of halogens is 1. The van der Waals surface area contributed by atoms with Gasteiger partial charge in [0.1, 0.15) is 10.7 Å². The highest BCUT2D eigenvalue weighted by molar-refractivity contribution is 7.21. The third-order valence-electron chi connectivity index (χ3n) is 7.23. The minimum atomic E-state index is 0.0184. The fraction of sp³-hybridized carbons (Fsp3) is 0.310. The Bertz CT molecular complexity index is 1390. The van der Waals surface area contributed by atoms with E-state index >= 15 is 0 Å². The third-order valence-corrected chi connectivity index (χ3v) is 8.90. The molecule has 1 fully saturated rings. The molecule has 2 aromatic heterocycles. The van der Waals surface area contributed by atoms with Gasteiger partial charge in [0.05, 0.1) is 5.02 Å². The van der Waals surface area contributed by atoms with Crippen LogP contribution in [0.5, 0.6) is 0 Å². The summed E-state index contributed by atoms with van der Waals surface area (Å²) in [5.41, 5.74) is 9.96. The maximum absolute atomic E-state index is 14.0. The first-order valence-electron chi connectivity index (χ1n) is 12.4. The van der Waals surface area contributed by atoms with Crippen molar-refractivity contribution in [3.05, 3.63) is 81.8 Å². The van der Waals surface area contributed by atoms with Crippen molar-refractivity contribution in [1.82, 2.24) is 15.2 Å². The second-order valence-electron chi connectivity index (χ2n) is 9.54. The van der Waals surface area contributed by atoms with Gasteiger partial charge in [-0.25, -0.2) is 4.98 Å². The van der Waals surface area contributed by atoms with Gasteiger partial charge in [0.25, 0.3) is 5.91 Å². The summed E-state index contributed by atoms with van der Waals surface area (Å²) < 4.78 is 1.04. The smallest absolute Gasteiger partial charge is 0.266 e. The molecule has 0 spiro atoms. The number of hydrogen-bond acceptors (Lipinski definition) is 5. The predicted octanol–water partition coefficient (Wildman–Crippen LogP) is 6.68. The summed E-state index contributed by atoms with van der Waals surface area (Å²) in [6.45, 7) is 2.51. The average molecular weight is 519 g/mol. The van der Waals surface area contributed by atoms with Crippen molar-refractivity contribution in [2.45, 2.75) is 51.2 Å². The Balaban J connectivity index is 1.48. The van der Waals surface area contributed by atoms with Crippen molar-refractivity contribution in [2.24, 2.45) is 0 Å². The van der Waals surface area contributed by atoms with Crippen LogP contribution in [0.25, 0.3) is 21.2 Å². The van der Waals surface area contributed by atoms with Gasteiger partial charge in [-0.2, -0.15) is 0 Å². The molecule has 0 bridgehead atoms. The zero-order valence-electron chi connectivity index (χ0n) is 20.6. The number of benzene rings is 2. The molecule has 0 radical (unpaired) electrons. The number of aryl methyl sites for hydroxylation is 1. The number of fused-ring (bicyclic) bond motifs is 1. The maximum Gasteiger partial charge on any atom is 0.266 e. The second-order valence-corrected chi connectivity index (χ2v) is 11.0. The Labute approximate surface area is 221 Å². The normalized spacial score (nSPS) is 17.9. The van der Waals surface area contributed by atoms with Crippen LogP contribution >= 0.6 is 22.9 Å². The molecule has 0 saturated heterocycles. The molecule has 1 aliphatic rings. The molecule has 0 unspecified atom stereocenters. The number of nitrogens with zero attached hydrogens (tertiary/aromatic N) is 2. The molecular weight excluding hydrogens is 488 g/mol. The molecular formula is C29H31ClN4OS. The van der Waals surface area contributed by atoms with E-state index in [2.05, 4.69) is 33.4 Å². The maximum atomic E-state index is 14.0. The van der Waals surface area contributed by atoms with Crippen molar-refractivity contribution < 1.29 is 4.79 Å². The lowest BCUT2D eigenvalue weighted by Crippen LogP contribution is -2.44. The van der Waals surface area contributed by atoms with Crippen LogP contribution in [-0.4, -0.2) is 34.9 Å². The Kier molecular flexibility index (Phi) is 7.28. The van der Waals surface area contributed by atoms with Crippen LogP contribution in [0.4, 0.5) is 5.82 Å². The predicted molar refractivity (Wildman–Crippen MR) is 151 cm³/mol. The number of carbonyl (C=O) groups excluding carboxylic acids is 1. The fourth-order valence-corrected chi connectivity index (χ4v) is 6.71. The molecule has 36 heavy (non-hydrogen) atoms. The van der Waals surface area contributed by atoms with E-state index in [0.29, 0.717) is 28.3 Å². The zero-order valence-corrected chi connectivity index (χ0v) is 22.2. The van der Waals surface area contributed by atoms with Crippen LogP contribution < -0.4 is 11.1 Å². The molecule has 0 atom stereocenters. The Hall–Kier alpha value is -2.93. The van der Waals surface area contributed by atoms with Gasteiger partial charge >= 0.3 is 0 Å². The van der Waals surface area contributed by atoms with Crippen LogP contribution in [0.3, 0.4) is 0 Å². The highest BCUT2D eigenvalue weighted by atomic mass is 35.5. The van der Waals surface area contributed by atoms with E-state index in [1.54, 1.807) is 0 Å². The summed E-state index contributed by atoms with van der Waals surface area (Å²) in [6.07, 6.45) is 4.06. The minimum Gasteiger partial charge on any atom is -0.384 e. The summed E-state index contributed by atoms with van der Waals surface area (Å²) in [6, 6.07) is 20.9. The molecule has 5 rings (SSSR count). The number of hydrogen-bond donors (Lipinski definition) is 2. The molecule has 7 heteroatoms. The Morgan fingerprint density at radius 1 is 1.11 bits per heavy atom. The molecule has 0 aliphatic heterocycles. The molecule has 2 aromatic carbocycles. The van der Waals surface area contributed by atoms with Gasteiger partial charge in [-0.3, -0.25) is 4.79 Å². The van der Waals surface area contributed by atoms with Crippen LogP contribution in [0, 0.1) is 6.92 Å². The second kappa shape index (κ2) is 10.6. The van der Waals surface area contributed by atoms with Gasteiger partial charge in [0.2, 0.25) is 0 Å². The lowest BCUT2D eigenvalue weighted by molar-refractivity contribution is 0.0606. The molecule has 5 nitrogen and oxygen atoms in total. The van der Waals surface area contributed by atoms with E-state index in [1.807, 2.05) is 56.4 Å². The number of anilines is 1. The van der Waals surface area contributed by atoms with Gasteiger partial charge in [0.15, 0.2) is 0 Å². The number of nitrogens with one attached hydrogen (secondary N) is 1. The van der Waals surface area contributed by atoms with E-state index in [1.165, 1.54) is 11.3 Å². The summed E-state index contributed by atoms with van der Waals surface area (Å²) in [7, 11) is 2.02. The molecule has 3 N–H and O–H groups in total. The highest BCUT2D eigenvalue weighted by Gasteiger charge is 2.31. The van der Waals surface area contributed by atoms with Crippen molar-refractivity contribution >= 4 is 44.7 Å². The minimum absolute atomic E-state index is 0.0184. The van der Waals surface area contributed by atoms with Crippen molar-refractivity contribution in [1.29, 1.82) is 0 Å². The topological polar surface area (TPSA) is 71.2 Å². The summed E-state index contributed by atoms with van der Waals surface area (Å²) in [4.78, 5) is 21.1. The summed E-state index contributed by atoms with van der Waals surface area (Å²) in [5.74, 6) is 0.534. The summed E-state index contributed by atoms with van der Waals surface area (Å²) in [5, 5.41) is 4.90. The van der Waals surface area contributed by atoms with Gasteiger partial charge in [-0.15, -0.1) is 11.3 Å². The van der Waals surface area contributed by atoms with Gasteiger partial charge in [-0.05, 0) is 75.0 Å². The van der Waals surface area contributed by atoms with Crippen LogP contribution in [0.2, 0.25) is 5.02 Å². The monoisotopic (exact) mass is 518 g/mol. The Morgan fingerprint density at radius 2 is 1.89 bits per heavy atom.